The number of anilines is 1. The zero-order valence-corrected chi connectivity index (χ0v) is 8.80. The smallest absolute Gasteiger partial charge is 0.414 e. The molecule has 17 heavy (non-hydrogen) atoms. The van der Waals surface area contributed by atoms with Crippen molar-refractivity contribution >= 4 is 17.7 Å². The van der Waals surface area contributed by atoms with Gasteiger partial charge in [-0.15, -0.1) is 0 Å². The van der Waals surface area contributed by atoms with E-state index in [1.54, 1.807) is 0 Å². The average molecular weight is 239 g/mol. The van der Waals surface area contributed by atoms with Crippen molar-refractivity contribution in [1.29, 1.82) is 0 Å². The molecular formula is C11H10FNO4. The molecule has 1 N–H and O–H groups in total. The molecule has 2 rings (SSSR count). The Morgan fingerprint density at radius 3 is 2.71 bits per heavy atom. The third kappa shape index (κ3) is 2.35. The summed E-state index contributed by atoms with van der Waals surface area (Å²) < 4.78 is 17.5. The predicted molar refractivity (Wildman–Crippen MR) is 56.3 cm³/mol. The molecule has 1 heterocycles. The zero-order valence-electron chi connectivity index (χ0n) is 8.80. The number of hydrogen-bond donors (Lipinski definition) is 1. The van der Waals surface area contributed by atoms with Crippen molar-refractivity contribution in [1.82, 2.24) is 0 Å². The Labute approximate surface area is 96.4 Å². The van der Waals surface area contributed by atoms with Gasteiger partial charge in [-0.1, -0.05) is 0 Å². The summed E-state index contributed by atoms with van der Waals surface area (Å²) in [5.41, 5.74) is 0.431. The number of halogens is 1. The molecule has 1 unspecified atom stereocenters. The van der Waals surface area contributed by atoms with Gasteiger partial charge in [0.1, 0.15) is 12.4 Å². The number of carbonyl (C=O) groups excluding carboxylic acids is 1. The highest BCUT2D eigenvalue weighted by Gasteiger charge is 2.35. The SMILES string of the molecule is O=C(O)CC1COC(=O)N1c1ccc(F)cc1. The molecule has 1 aliphatic rings. The molecule has 0 aliphatic carbocycles. The number of benzene rings is 1. The molecule has 0 aromatic heterocycles. The number of carboxylic acids is 1. The fraction of sp³-hybridized carbons (Fsp3) is 0.273. The summed E-state index contributed by atoms with van der Waals surface area (Å²) in [6, 6.07) is 4.69. The lowest BCUT2D eigenvalue weighted by atomic mass is 10.2. The predicted octanol–water partition coefficient (Wildman–Crippen LogP) is 1.63. The van der Waals surface area contributed by atoms with Gasteiger partial charge in [0, 0.05) is 5.69 Å². The van der Waals surface area contributed by atoms with Crippen LogP contribution in [0.1, 0.15) is 6.42 Å². The molecule has 1 saturated heterocycles. The van der Waals surface area contributed by atoms with Crippen LogP contribution in [0, 0.1) is 5.82 Å². The van der Waals surface area contributed by atoms with Gasteiger partial charge >= 0.3 is 12.1 Å². The van der Waals surface area contributed by atoms with Crippen LogP contribution in [0.5, 0.6) is 0 Å². The normalized spacial score (nSPS) is 19.2. The molecule has 0 spiro atoms. The highest BCUT2D eigenvalue weighted by atomic mass is 19.1. The first-order valence-electron chi connectivity index (χ1n) is 5.01. The van der Waals surface area contributed by atoms with E-state index in [4.69, 9.17) is 9.84 Å². The van der Waals surface area contributed by atoms with Crippen LogP contribution >= 0.6 is 0 Å². The van der Waals surface area contributed by atoms with Crippen molar-refractivity contribution in [2.75, 3.05) is 11.5 Å². The van der Waals surface area contributed by atoms with Crippen LogP contribution in [0.2, 0.25) is 0 Å². The highest BCUT2D eigenvalue weighted by Crippen LogP contribution is 2.24. The summed E-state index contributed by atoms with van der Waals surface area (Å²) in [5, 5.41) is 8.72. The minimum atomic E-state index is -1.01. The molecule has 5 nitrogen and oxygen atoms in total. The highest BCUT2D eigenvalue weighted by molar-refractivity contribution is 5.91. The van der Waals surface area contributed by atoms with E-state index in [-0.39, 0.29) is 13.0 Å². The number of cyclic esters (lactones) is 1. The largest absolute Gasteiger partial charge is 0.481 e. The Morgan fingerprint density at radius 2 is 2.12 bits per heavy atom. The first-order chi connectivity index (χ1) is 8.08. The van der Waals surface area contributed by atoms with E-state index in [1.807, 2.05) is 0 Å². The molecule has 90 valence electrons. The van der Waals surface area contributed by atoms with Gasteiger partial charge in [0.2, 0.25) is 0 Å². The molecule has 1 fully saturated rings. The van der Waals surface area contributed by atoms with E-state index in [9.17, 15) is 14.0 Å². The van der Waals surface area contributed by atoms with E-state index in [1.165, 1.54) is 29.2 Å². The lowest BCUT2D eigenvalue weighted by molar-refractivity contribution is -0.137. The number of rotatable bonds is 3. The summed E-state index contributed by atoms with van der Waals surface area (Å²) in [7, 11) is 0. The van der Waals surface area contributed by atoms with Gasteiger partial charge in [-0.2, -0.15) is 0 Å². The number of amides is 1. The topological polar surface area (TPSA) is 66.8 Å². The van der Waals surface area contributed by atoms with Crippen molar-refractivity contribution in [3.63, 3.8) is 0 Å². The van der Waals surface area contributed by atoms with Gasteiger partial charge in [-0.05, 0) is 24.3 Å². The quantitative estimate of drug-likeness (QED) is 0.870. The lowest BCUT2D eigenvalue weighted by Crippen LogP contribution is -2.35. The monoisotopic (exact) mass is 239 g/mol. The van der Waals surface area contributed by atoms with Crippen LogP contribution in [0.25, 0.3) is 0 Å². The van der Waals surface area contributed by atoms with Crippen molar-refractivity contribution in [3.8, 4) is 0 Å². The van der Waals surface area contributed by atoms with Gasteiger partial charge in [0.05, 0.1) is 12.5 Å². The Morgan fingerprint density at radius 1 is 1.47 bits per heavy atom. The molecule has 1 atom stereocenters. The van der Waals surface area contributed by atoms with Crippen molar-refractivity contribution in [2.24, 2.45) is 0 Å². The van der Waals surface area contributed by atoms with E-state index in [0.717, 1.165) is 0 Å². The van der Waals surface area contributed by atoms with E-state index >= 15 is 0 Å². The van der Waals surface area contributed by atoms with E-state index in [2.05, 4.69) is 0 Å². The molecule has 0 radical (unpaired) electrons. The maximum atomic E-state index is 12.7. The maximum absolute atomic E-state index is 12.7. The van der Waals surface area contributed by atoms with Gasteiger partial charge in [-0.3, -0.25) is 9.69 Å². The molecule has 1 aromatic carbocycles. The number of carbonyl (C=O) groups is 2. The molecule has 1 aliphatic heterocycles. The van der Waals surface area contributed by atoms with Crippen molar-refractivity contribution in [2.45, 2.75) is 12.5 Å². The number of carboxylic acid groups (broad SMARTS) is 1. The van der Waals surface area contributed by atoms with Crippen LogP contribution in [-0.2, 0) is 9.53 Å². The fourth-order valence-electron chi connectivity index (χ4n) is 1.73. The summed E-state index contributed by atoms with van der Waals surface area (Å²) >= 11 is 0. The standard InChI is InChI=1S/C11H10FNO4/c12-7-1-3-8(4-2-7)13-9(5-10(14)15)6-17-11(13)16/h1-4,9H,5-6H2,(H,14,15). The number of nitrogens with zero attached hydrogens (tertiary/aromatic N) is 1. The second kappa shape index (κ2) is 4.40. The Balaban J connectivity index is 2.24. The average Bonchev–Trinajstić information content (AvgIpc) is 2.61. The minimum Gasteiger partial charge on any atom is -0.481 e. The maximum Gasteiger partial charge on any atom is 0.414 e. The first-order valence-corrected chi connectivity index (χ1v) is 5.01. The van der Waals surface area contributed by atoms with Crippen molar-refractivity contribution in [3.05, 3.63) is 30.1 Å². The zero-order chi connectivity index (χ0) is 12.4. The van der Waals surface area contributed by atoms with Crippen LogP contribution < -0.4 is 4.90 Å². The Hall–Kier alpha value is -2.11. The summed E-state index contributed by atoms with van der Waals surface area (Å²) in [6.07, 6.45) is -0.814. The van der Waals surface area contributed by atoms with Gasteiger partial charge in [0.25, 0.3) is 0 Å². The van der Waals surface area contributed by atoms with E-state index < -0.39 is 23.9 Å². The van der Waals surface area contributed by atoms with Gasteiger partial charge < -0.3 is 9.84 Å². The fourth-order valence-corrected chi connectivity index (χ4v) is 1.73. The van der Waals surface area contributed by atoms with Crippen LogP contribution in [-0.4, -0.2) is 29.8 Å². The molecule has 6 heteroatoms. The number of ether oxygens (including phenoxy) is 1. The molecule has 1 amide bonds. The summed E-state index contributed by atoms with van der Waals surface area (Å²) in [6.45, 7) is 0.0303. The van der Waals surface area contributed by atoms with Crippen LogP contribution in [0.3, 0.4) is 0 Å². The molecule has 1 aromatic rings. The van der Waals surface area contributed by atoms with E-state index in [0.29, 0.717) is 5.69 Å². The van der Waals surface area contributed by atoms with Gasteiger partial charge in [0.15, 0.2) is 0 Å². The summed E-state index contributed by atoms with van der Waals surface area (Å²) in [5.74, 6) is -1.43. The Bertz CT molecular complexity index is 445. The van der Waals surface area contributed by atoms with Crippen LogP contribution in [0.15, 0.2) is 24.3 Å². The van der Waals surface area contributed by atoms with Crippen molar-refractivity contribution < 1.29 is 23.8 Å². The van der Waals surface area contributed by atoms with Crippen LogP contribution in [0.4, 0.5) is 14.9 Å². The molecular weight excluding hydrogens is 229 g/mol. The number of hydrogen-bond acceptors (Lipinski definition) is 3. The third-order valence-corrected chi connectivity index (χ3v) is 2.48. The summed E-state index contributed by atoms with van der Waals surface area (Å²) in [4.78, 5) is 23.3. The number of aliphatic carboxylic acids is 1. The molecule has 0 saturated carbocycles. The minimum absolute atomic E-state index is 0.0303. The lowest BCUT2D eigenvalue weighted by Gasteiger charge is -2.19. The second-order valence-electron chi connectivity index (χ2n) is 3.68. The Kier molecular flexibility index (Phi) is 2.95. The first kappa shape index (κ1) is 11.4. The second-order valence-corrected chi connectivity index (χ2v) is 3.68. The van der Waals surface area contributed by atoms with Gasteiger partial charge in [-0.25, -0.2) is 9.18 Å². The molecule has 0 bridgehead atoms. The third-order valence-electron chi connectivity index (χ3n) is 2.48.